The minimum Gasteiger partial charge on any atom is -0.337 e. The smallest absolute Gasteiger partial charge is 0.319 e. The van der Waals surface area contributed by atoms with E-state index in [-0.39, 0.29) is 6.03 Å². The molecule has 2 aromatic rings. The molecule has 0 aliphatic rings. The summed E-state index contributed by atoms with van der Waals surface area (Å²) < 4.78 is 0. The predicted molar refractivity (Wildman–Crippen MR) is 78.8 cm³/mol. The summed E-state index contributed by atoms with van der Waals surface area (Å²) in [5.74, 6) is 0. The maximum atomic E-state index is 11.7. The van der Waals surface area contributed by atoms with Gasteiger partial charge in [0, 0.05) is 24.0 Å². The largest absolute Gasteiger partial charge is 0.337 e. The van der Waals surface area contributed by atoms with E-state index in [1.807, 2.05) is 43.5 Å². The van der Waals surface area contributed by atoms with Gasteiger partial charge in [-0.1, -0.05) is 18.2 Å². The summed E-state index contributed by atoms with van der Waals surface area (Å²) >= 11 is 1.63. The van der Waals surface area contributed by atoms with Crippen molar-refractivity contribution >= 4 is 23.1 Å². The molecule has 0 saturated heterocycles. The molecule has 0 fully saturated rings. The van der Waals surface area contributed by atoms with Crippen molar-refractivity contribution in [2.24, 2.45) is 0 Å². The van der Waals surface area contributed by atoms with Crippen molar-refractivity contribution in [3.05, 3.63) is 45.9 Å². The van der Waals surface area contributed by atoms with Crippen molar-refractivity contribution in [3.63, 3.8) is 0 Å². The lowest BCUT2D eigenvalue weighted by Gasteiger charge is -2.09. The Balaban J connectivity index is 1.77. The fourth-order valence-electron chi connectivity index (χ4n) is 1.71. The number of amides is 2. The first kappa shape index (κ1) is 13.5. The molecular formula is C14H17N3OS. The van der Waals surface area contributed by atoms with E-state index in [4.69, 9.17) is 0 Å². The molecule has 0 bridgehead atoms. The Labute approximate surface area is 116 Å². The van der Waals surface area contributed by atoms with Crippen molar-refractivity contribution < 1.29 is 4.79 Å². The van der Waals surface area contributed by atoms with Gasteiger partial charge < -0.3 is 10.6 Å². The van der Waals surface area contributed by atoms with Gasteiger partial charge in [-0.15, -0.1) is 11.3 Å². The van der Waals surface area contributed by atoms with Gasteiger partial charge in [-0.3, -0.25) is 0 Å². The maximum absolute atomic E-state index is 11.7. The normalized spacial score (nSPS) is 10.2. The Morgan fingerprint density at radius 1 is 1.32 bits per heavy atom. The first-order valence-corrected chi connectivity index (χ1v) is 7.04. The lowest BCUT2D eigenvalue weighted by Crippen LogP contribution is -2.30. The minimum atomic E-state index is -0.179. The topological polar surface area (TPSA) is 54.0 Å². The third-order valence-electron chi connectivity index (χ3n) is 2.73. The van der Waals surface area contributed by atoms with Gasteiger partial charge in [0.1, 0.15) is 0 Å². The highest BCUT2D eigenvalue weighted by Crippen LogP contribution is 2.12. The van der Waals surface area contributed by atoms with Crippen molar-refractivity contribution in [1.82, 2.24) is 10.3 Å². The molecule has 100 valence electrons. The van der Waals surface area contributed by atoms with Crippen LogP contribution in [0, 0.1) is 13.8 Å². The third-order valence-corrected chi connectivity index (χ3v) is 3.55. The number of aromatic nitrogens is 1. The Hall–Kier alpha value is -1.88. The number of thiazole rings is 1. The van der Waals surface area contributed by atoms with Gasteiger partial charge in [0.05, 0.1) is 10.7 Å². The van der Waals surface area contributed by atoms with Gasteiger partial charge >= 0.3 is 6.03 Å². The molecule has 1 aromatic carbocycles. The second-order valence-corrected chi connectivity index (χ2v) is 5.37. The number of benzene rings is 1. The fourth-order valence-corrected chi connectivity index (χ4v) is 2.35. The first-order valence-electron chi connectivity index (χ1n) is 6.16. The number of hydrogen-bond donors (Lipinski definition) is 2. The molecule has 1 aromatic heterocycles. The number of carbonyl (C=O) groups excluding carboxylic acids is 1. The van der Waals surface area contributed by atoms with Crippen molar-refractivity contribution in [3.8, 4) is 0 Å². The van der Waals surface area contributed by atoms with Gasteiger partial charge in [-0.25, -0.2) is 9.78 Å². The summed E-state index contributed by atoms with van der Waals surface area (Å²) in [6.07, 6.45) is 0.755. The molecule has 0 spiro atoms. The highest BCUT2D eigenvalue weighted by atomic mass is 32.1. The number of urea groups is 1. The molecule has 19 heavy (non-hydrogen) atoms. The summed E-state index contributed by atoms with van der Waals surface area (Å²) in [7, 11) is 0. The molecule has 0 aliphatic heterocycles. The summed E-state index contributed by atoms with van der Waals surface area (Å²) in [4.78, 5) is 16.1. The molecule has 0 atom stereocenters. The van der Waals surface area contributed by atoms with Crippen LogP contribution in [0.25, 0.3) is 0 Å². The van der Waals surface area contributed by atoms with E-state index in [1.54, 1.807) is 11.3 Å². The number of anilines is 1. The van der Waals surface area contributed by atoms with Crippen molar-refractivity contribution in [2.75, 3.05) is 11.9 Å². The number of carbonyl (C=O) groups is 1. The molecule has 2 amide bonds. The Morgan fingerprint density at radius 3 is 2.79 bits per heavy atom. The molecular weight excluding hydrogens is 258 g/mol. The zero-order chi connectivity index (χ0) is 13.7. The van der Waals surface area contributed by atoms with E-state index in [0.29, 0.717) is 6.54 Å². The molecule has 2 N–H and O–H groups in total. The third kappa shape index (κ3) is 4.06. The average molecular weight is 275 g/mol. The number of aryl methyl sites for hydroxylation is 2. The zero-order valence-electron chi connectivity index (χ0n) is 11.1. The lowest BCUT2D eigenvalue weighted by molar-refractivity contribution is 0.252. The monoisotopic (exact) mass is 275 g/mol. The first-order chi connectivity index (χ1) is 9.15. The highest BCUT2D eigenvalue weighted by molar-refractivity contribution is 7.09. The van der Waals surface area contributed by atoms with E-state index in [0.717, 1.165) is 28.4 Å². The number of para-hydroxylation sites is 1. The van der Waals surface area contributed by atoms with Crippen LogP contribution in [0.15, 0.2) is 29.6 Å². The molecule has 0 saturated carbocycles. The molecule has 0 radical (unpaired) electrons. The highest BCUT2D eigenvalue weighted by Gasteiger charge is 2.04. The van der Waals surface area contributed by atoms with Crippen LogP contribution < -0.4 is 10.6 Å². The van der Waals surface area contributed by atoms with Crippen LogP contribution in [0.3, 0.4) is 0 Å². The number of nitrogens with one attached hydrogen (secondary N) is 2. The molecule has 2 rings (SSSR count). The minimum absolute atomic E-state index is 0.179. The zero-order valence-corrected chi connectivity index (χ0v) is 11.9. The lowest BCUT2D eigenvalue weighted by atomic mass is 10.2. The van der Waals surface area contributed by atoms with Crippen LogP contribution in [0.4, 0.5) is 10.5 Å². The van der Waals surface area contributed by atoms with E-state index in [1.165, 1.54) is 0 Å². The second kappa shape index (κ2) is 6.33. The SMILES string of the molecule is Cc1nc(CCNC(=O)Nc2ccccc2C)cs1. The summed E-state index contributed by atoms with van der Waals surface area (Å²) in [5.41, 5.74) is 2.91. The van der Waals surface area contributed by atoms with Gasteiger partial charge in [0.2, 0.25) is 0 Å². The van der Waals surface area contributed by atoms with Crippen molar-refractivity contribution in [2.45, 2.75) is 20.3 Å². The quantitative estimate of drug-likeness (QED) is 0.900. The van der Waals surface area contributed by atoms with Gasteiger partial charge in [-0.2, -0.15) is 0 Å². The van der Waals surface area contributed by atoms with Crippen LogP contribution in [0.2, 0.25) is 0 Å². The number of rotatable bonds is 4. The molecule has 0 unspecified atom stereocenters. The van der Waals surface area contributed by atoms with E-state index in [9.17, 15) is 4.79 Å². The predicted octanol–water partition coefficient (Wildman–Crippen LogP) is 3.12. The number of hydrogen-bond acceptors (Lipinski definition) is 3. The molecule has 5 heteroatoms. The van der Waals surface area contributed by atoms with E-state index < -0.39 is 0 Å². The second-order valence-electron chi connectivity index (χ2n) is 4.30. The summed E-state index contributed by atoms with van der Waals surface area (Å²) in [6, 6.07) is 7.52. The van der Waals surface area contributed by atoms with Crippen LogP contribution in [0.1, 0.15) is 16.3 Å². The average Bonchev–Trinajstić information content (AvgIpc) is 2.78. The standard InChI is InChI=1S/C14H17N3OS/c1-10-5-3-4-6-13(10)17-14(18)15-8-7-12-9-19-11(2)16-12/h3-6,9H,7-8H2,1-2H3,(H2,15,17,18). The van der Waals surface area contributed by atoms with E-state index in [2.05, 4.69) is 15.6 Å². The Morgan fingerprint density at radius 2 is 2.11 bits per heavy atom. The Bertz CT molecular complexity index is 565. The number of nitrogens with zero attached hydrogens (tertiary/aromatic N) is 1. The molecule has 0 aliphatic carbocycles. The fraction of sp³-hybridized carbons (Fsp3) is 0.286. The van der Waals surface area contributed by atoms with Crippen LogP contribution in [-0.2, 0) is 6.42 Å². The van der Waals surface area contributed by atoms with Crippen LogP contribution in [0.5, 0.6) is 0 Å². The maximum Gasteiger partial charge on any atom is 0.319 e. The van der Waals surface area contributed by atoms with E-state index >= 15 is 0 Å². The summed E-state index contributed by atoms with van der Waals surface area (Å²) in [6.45, 7) is 4.53. The summed E-state index contributed by atoms with van der Waals surface area (Å²) in [5, 5.41) is 8.74. The molecule has 1 heterocycles. The van der Waals surface area contributed by atoms with Crippen LogP contribution >= 0.6 is 11.3 Å². The van der Waals surface area contributed by atoms with Gasteiger partial charge in [0.25, 0.3) is 0 Å². The van der Waals surface area contributed by atoms with Crippen molar-refractivity contribution in [1.29, 1.82) is 0 Å². The van der Waals surface area contributed by atoms with Gasteiger partial charge in [-0.05, 0) is 25.5 Å². The van der Waals surface area contributed by atoms with Crippen LogP contribution in [-0.4, -0.2) is 17.6 Å². The van der Waals surface area contributed by atoms with Gasteiger partial charge in [0.15, 0.2) is 0 Å². The molecule has 4 nitrogen and oxygen atoms in total. The Kier molecular flexibility index (Phi) is 4.52.